The first-order valence-electron chi connectivity index (χ1n) is 7.39. The highest BCUT2D eigenvalue weighted by atomic mass is 32.3. The van der Waals surface area contributed by atoms with Crippen molar-refractivity contribution < 1.29 is 0 Å². The van der Waals surface area contributed by atoms with Gasteiger partial charge in [0.1, 0.15) is 0 Å². The molecule has 1 aliphatic carbocycles. The first-order valence-corrected chi connectivity index (χ1v) is 11.1. The minimum atomic E-state index is -0.242. The van der Waals surface area contributed by atoms with Gasteiger partial charge in [0.2, 0.25) is 0 Å². The fraction of sp³-hybridized carbons (Fsp3) is 1.00. The van der Waals surface area contributed by atoms with E-state index in [-0.39, 0.29) is 10.0 Å². The van der Waals surface area contributed by atoms with E-state index in [0.717, 1.165) is 28.3 Å². The SMILES string of the molecule is CSC(C1CC1C)C1CCC2CCCS1(C)C2. The molecular weight excluding hydrogens is 244 g/mol. The minimum absolute atomic E-state index is 0.242. The molecule has 3 rings (SSSR count). The van der Waals surface area contributed by atoms with Gasteiger partial charge >= 0.3 is 0 Å². The van der Waals surface area contributed by atoms with Crippen molar-refractivity contribution in [2.45, 2.75) is 49.5 Å². The summed E-state index contributed by atoms with van der Waals surface area (Å²) in [6.07, 6.45) is 12.9. The molecule has 100 valence electrons. The van der Waals surface area contributed by atoms with Crippen LogP contribution < -0.4 is 0 Å². The quantitative estimate of drug-likeness (QED) is 0.734. The maximum Gasteiger partial charge on any atom is 0.0180 e. The summed E-state index contributed by atoms with van der Waals surface area (Å²) in [6.45, 7) is 2.47. The topological polar surface area (TPSA) is 0 Å². The van der Waals surface area contributed by atoms with E-state index in [0.29, 0.717) is 0 Å². The van der Waals surface area contributed by atoms with Crippen molar-refractivity contribution >= 4 is 21.8 Å². The van der Waals surface area contributed by atoms with Gasteiger partial charge in [0.05, 0.1) is 0 Å². The van der Waals surface area contributed by atoms with Gasteiger partial charge in [-0.25, -0.2) is 10.0 Å². The molecule has 17 heavy (non-hydrogen) atoms. The fourth-order valence-electron chi connectivity index (χ4n) is 4.49. The molecule has 3 aliphatic rings. The fourth-order valence-corrected chi connectivity index (χ4v) is 11.3. The van der Waals surface area contributed by atoms with Crippen LogP contribution in [0.1, 0.15) is 39.0 Å². The molecule has 3 fully saturated rings. The molecule has 0 amide bonds. The summed E-state index contributed by atoms with van der Waals surface area (Å²) in [5.41, 5.74) is 0. The van der Waals surface area contributed by atoms with Gasteiger partial charge in [-0.05, 0) is 73.9 Å². The third-order valence-electron chi connectivity index (χ3n) is 5.66. The minimum Gasteiger partial charge on any atom is -0.240 e. The van der Waals surface area contributed by atoms with Gasteiger partial charge in [0.15, 0.2) is 0 Å². The molecule has 2 heterocycles. The molecule has 1 saturated carbocycles. The van der Waals surface area contributed by atoms with Crippen LogP contribution in [0.5, 0.6) is 0 Å². The van der Waals surface area contributed by atoms with Crippen LogP contribution in [0.2, 0.25) is 0 Å². The van der Waals surface area contributed by atoms with E-state index in [9.17, 15) is 0 Å². The second-order valence-electron chi connectivity index (χ2n) is 6.92. The van der Waals surface area contributed by atoms with Crippen molar-refractivity contribution in [2.24, 2.45) is 17.8 Å². The molecule has 2 bridgehead atoms. The van der Waals surface area contributed by atoms with Gasteiger partial charge in [-0.1, -0.05) is 6.92 Å². The van der Waals surface area contributed by atoms with E-state index < -0.39 is 0 Å². The second-order valence-corrected chi connectivity index (χ2v) is 12.0. The Bertz CT molecular complexity index is 291. The molecule has 6 atom stereocenters. The predicted octanol–water partition coefficient (Wildman–Crippen LogP) is 4.38. The monoisotopic (exact) mass is 272 g/mol. The van der Waals surface area contributed by atoms with Gasteiger partial charge in [0, 0.05) is 10.5 Å². The lowest BCUT2D eigenvalue weighted by Gasteiger charge is -2.55. The molecule has 0 aromatic carbocycles. The van der Waals surface area contributed by atoms with E-state index in [2.05, 4.69) is 31.2 Å². The second kappa shape index (κ2) is 4.67. The first-order chi connectivity index (χ1) is 8.14. The largest absolute Gasteiger partial charge is 0.240 e. The number of rotatable bonds is 3. The van der Waals surface area contributed by atoms with Crippen LogP contribution in [-0.4, -0.2) is 34.5 Å². The van der Waals surface area contributed by atoms with Crippen LogP contribution in [0.15, 0.2) is 0 Å². The normalized spacial score (nSPS) is 54.8. The Labute approximate surface area is 113 Å². The van der Waals surface area contributed by atoms with Gasteiger partial charge < -0.3 is 0 Å². The highest BCUT2D eigenvalue weighted by molar-refractivity contribution is 8.34. The molecule has 0 aromatic heterocycles. The van der Waals surface area contributed by atoms with E-state index in [4.69, 9.17) is 0 Å². The van der Waals surface area contributed by atoms with E-state index in [1.54, 1.807) is 37.2 Å². The summed E-state index contributed by atoms with van der Waals surface area (Å²) < 4.78 is 0. The van der Waals surface area contributed by atoms with E-state index in [1.807, 2.05) is 0 Å². The van der Waals surface area contributed by atoms with Gasteiger partial charge in [-0.3, -0.25) is 0 Å². The number of hydrogen-bond acceptors (Lipinski definition) is 1. The molecule has 0 nitrogen and oxygen atoms in total. The molecule has 0 radical (unpaired) electrons. The van der Waals surface area contributed by atoms with Crippen LogP contribution in [0.25, 0.3) is 0 Å². The van der Waals surface area contributed by atoms with Crippen LogP contribution in [0.3, 0.4) is 0 Å². The van der Waals surface area contributed by atoms with Crippen molar-refractivity contribution in [1.82, 2.24) is 0 Å². The molecular formula is C15H28S2. The summed E-state index contributed by atoms with van der Waals surface area (Å²) in [5.74, 6) is 6.48. The van der Waals surface area contributed by atoms with Crippen molar-refractivity contribution in [3.63, 3.8) is 0 Å². The number of hydrogen-bond donors (Lipinski definition) is 0. The molecule has 0 N–H and O–H groups in total. The van der Waals surface area contributed by atoms with E-state index in [1.165, 1.54) is 6.42 Å². The molecule has 0 aromatic rings. The van der Waals surface area contributed by atoms with Crippen molar-refractivity contribution in [1.29, 1.82) is 0 Å². The average molecular weight is 273 g/mol. The summed E-state index contributed by atoms with van der Waals surface area (Å²) >= 11 is 2.21. The van der Waals surface area contributed by atoms with Gasteiger partial charge in [-0.2, -0.15) is 11.8 Å². The predicted molar refractivity (Wildman–Crippen MR) is 83.6 cm³/mol. The van der Waals surface area contributed by atoms with Crippen LogP contribution in [0.4, 0.5) is 0 Å². The lowest BCUT2D eigenvalue weighted by Crippen LogP contribution is -2.42. The Morgan fingerprint density at radius 3 is 2.65 bits per heavy atom. The summed E-state index contributed by atoms with van der Waals surface area (Å²) in [4.78, 5) is 0. The van der Waals surface area contributed by atoms with Crippen LogP contribution in [-0.2, 0) is 0 Å². The summed E-state index contributed by atoms with van der Waals surface area (Å²) in [5, 5.41) is 2.13. The maximum absolute atomic E-state index is 2.71. The Hall–Kier alpha value is 0.700. The number of fused-ring (bicyclic) bond motifs is 2. The standard InChI is InChI=1S/C15H28S2/c1-11-9-13(11)15(16-2)14-7-6-12-5-4-8-17(14,3)10-12/h11-15H,4-10H2,1-3H3. The number of thioether (sulfide) groups is 1. The molecule has 2 saturated heterocycles. The lowest BCUT2D eigenvalue weighted by atomic mass is 9.96. The Morgan fingerprint density at radius 1 is 1.24 bits per heavy atom. The van der Waals surface area contributed by atoms with Gasteiger partial charge in [0.25, 0.3) is 0 Å². The molecule has 2 aliphatic heterocycles. The Morgan fingerprint density at radius 2 is 2.00 bits per heavy atom. The van der Waals surface area contributed by atoms with E-state index >= 15 is 0 Å². The Kier molecular flexibility index (Phi) is 3.49. The van der Waals surface area contributed by atoms with Crippen molar-refractivity contribution in [2.75, 3.05) is 24.0 Å². The third kappa shape index (κ3) is 2.29. The molecule has 2 heteroatoms. The van der Waals surface area contributed by atoms with Crippen LogP contribution in [0, 0.1) is 17.8 Å². The zero-order valence-corrected chi connectivity index (χ0v) is 13.3. The molecule has 0 spiro atoms. The van der Waals surface area contributed by atoms with Crippen LogP contribution >= 0.6 is 21.8 Å². The molecule has 6 unspecified atom stereocenters. The maximum atomic E-state index is 2.71. The van der Waals surface area contributed by atoms with Gasteiger partial charge in [-0.15, -0.1) is 0 Å². The summed E-state index contributed by atoms with van der Waals surface area (Å²) in [7, 11) is -0.242. The zero-order valence-electron chi connectivity index (χ0n) is 11.7. The van der Waals surface area contributed by atoms with Crippen molar-refractivity contribution in [3.8, 4) is 0 Å². The summed E-state index contributed by atoms with van der Waals surface area (Å²) in [6, 6.07) is 0. The van der Waals surface area contributed by atoms with Crippen molar-refractivity contribution in [3.05, 3.63) is 0 Å². The first kappa shape index (κ1) is 12.7. The zero-order chi connectivity index (χ0) is 12.0. The highest BCUT2D eigenvalue weighted by Gasteiger charge is 2.49. The average Bonchev–Trinajstić information content (AvgIpc) is 3.00. The third-order valence-corrected chi connectivity index (χ3v) is 11.5. The Balaban J connectivity index is 1.76. The smallest absolute Gasteiger partial charge is 0.0180 e. The lowest BCUT2D eigenvalue weighted by molar-refractivity contribution is 0.425. The highest BCUT2D eigenvalue weighted by Crippen LogP contribution is 2.64.